The van der Waals surface area contributed by atoms with Gasteiger partial charge in [-0.2, -0.15) is 0 Å². The third-order valence-electron chi connectivity index (χ3n) is 2.71. The van der Waals surface area contributed by atoms with Crippen molar-refractivity contribution < 1.29 is 9.84 Å². The second-order valence-electron chi connectivity index (χ2n) is 3.98. The summed E-state index contributed by atoms with van der Waals surface area (Å²) in [6, 6.07) is 3.85. The lowest BCUT2D eigenvalue weighted by Gasteiger charge is -2.19. The molecule has 1 atom stereocenters. The molecule has 17 heavy (non-hydrogen) atoms. The van der Waals surface area contributed by atoms with Gasteiger partial charge in [-0.05, 0) is 25.5 Å². The van der Waals surface area contributed by atoms with Crippen LogP contribution < -0.4 is 4.90 Å². The van der Waals surface area contributed by atoms with E-state index < -0.39 is 6.10 Å². The van der Waals surface area contributed by atoms with Crippen molar-refractivity contribution in [1.29, 1.82) is 0 Å². The lowest BCUT2D eigenvalue weighted by molar-refractivity contribution is 0.154. The standard InChI is InChI=1S/C13H22N2O2/c1-4-13(16)12-7-6-11(10-14-12)15(3)8-9-17-5-2/h6-7,10,13,16H,4-5,8-9H2,1-3H3. The van der Waals surface area contributed by atoms with E-state index in [1.165, 1.54) is 0 Å². The van der Waals surface area contributed by atoms with Crippen LogP contribution in [0.15, 0.2) is 18.3 Å². The van der Waals surface area contributed by atoms with Crippen LogP contribution >= 0.6 is 0 Å². The maximum Gasteiger partial charge on any atom is 0.0957 e. The van der Waals surface area contributed by atoms with E-state index in [-0.39, 0.29) is 0 Å². The number of hydrogen-bond acceptors (Lipinski definition) is 4. The number of likely N-dealkylation sites (N-methyl/N-ethyl adjacent to an activating group) is 1. The molecule has 4 heteroatoms. The zero-order valence-electron chi connectivity index (χ0n) is 10.9. The van der Waals surface area contributed by atoms with Crippen LogP contribution in [0.25, 0.3) is 0 Å². The summed E-state index contributed by atoms with van der Waals surface area (Å²) in [4.78, 5) is 6.35. The van der Waals surface area contributed by atoms with Crippen LogP contribution in [0.3, 0.4) is 0 Å². The van der Waals surface area contributed by atoms with Gasteiger partial charge in [-0.3, -0.25) is 4.98 Å². The van der Waals surface area contributed by atoms with E-state index in [0.717, 1.165) is 24.5 Å². The molecule has 0 bridgehead atoms. The van der Waals surface area contributed by atoms with Crippen LogP contribution in [0.5, 0.6) is 0 Å². The highest BCUT2D eigenvalue weighted by Crippen LogP contribution is 2.17. The van der Waals surface area contributed by atoms with E-state index in [0.29, 0.717) is 13.0 Å². The molecular formula is C13H22N2O2. The second-order valence-corrected chi connectivity index (χ2v) is 3.98. The minimum atomic E-state index is -0.460. The number of nitrogens with zero attached hydrogens (tertiary/aromatic N) is 2. The molecule has 0 fully saturated rings. The molecule has 0 aliphatic rings. The van der Waals surface area contributed by atoms with E-state index in [4.69, 9.17) is 4.74 Å². The van der Waals surface area contributed by atoms with Gasteiger partial charge in [0.15, 0.2) is 0 Å². The number of aliphatic hydroxyl groups is 1. The first kappa shape index (κ1) is 13.9. The Bertz CT molecular complexity index is 314. The fourth-order valence-electron chi connectivity index (χ4n) is 1.50. The van der Waals surface area contributed by atoms with Crippen LogP contribution in [-0.4, -0.2) is 36.9 Å². The van der Waals surface area contributed by atoms with E-state index in [9.17, 15) is 5.11 Å². The Balaban J connectivity index is 2.54. The van der Waals surface area contributed by atoms with Crippen LogP contribution in [0, 0.1) is 0 Å². The smallest absolute Gasteiger partial charge is 0.0957 e. The summed E-state index contributed by atoms with van der Waals surface area (Å²) in [5, 5.41) is 9.64. The van der Waals surface area contributed by atoms with Crippen molar-refractivity contribution in [2.75, 3.05) is 31.7 Å². The summed E-state index contributed by atoms with van der Waals surface area (Å²) in [5.74, 6) is 0. The molecule has 0 saturated heterocycles. The molecule has 4 nitrogen and oxygen atoms in total. The summed E-state index contributed by atoms with van der Waals surface area (Å²) < 4.78 is 5.30. The molecule has 0 aromatic carbocycles. The van der Waals surface area contributed by atoms with Gasteiger partial charge < -0.3 is 14.7 Å². The molecule has 1 heterocycles. The lowest BCUT2D eigenvalue weighted by Crippen LogP contribution is -2.22. The number of pyridine rings is 1. The Kier molecular flexibility index (Phi) is 5.94. The molecule has 0 spiro atoms. The highest BCUT2D eigenvalue weighted by molar-refractivity contribution is 5.43. The molecule has 0 aliphatic carbocycles. The molecule has 1 rings (SSSR count). The van der Waals surface area contributed by atoms with Crippen LogP contribution in [0.1, 0.15) is 32.1 Å². The quantitative estimate of drug-likeness (QED) is 0.738. The molecule has 1 unspecified atom stereocenters. The number of anilines is 1. The molecular weight excluding hydrogens is 216 g/mol. The highest BCUT2D eigenvalue weighted by Gasteiger charge is 2.07. The zero-order valence-corrected chi connectivity index (χ0v) is 10.9. The molecule has 1 N–H and O–H groups in total. The molecule has 0 saturated carbocycles. The van der Waals surface area contributed by atoms with Gasteiger partial charge in [-0.25, -0.2) is 0 Å². The van der Waals surface area contributed by atoms with Crippen LogP contribution in [0.4, 0.5) is 5.69 Å². The van der Waals surface area contributed by atoms with Gasteiger partial charge in [0.1, 0.15) is 0 Å². The van der Waals surface area contributed by atoms with E-state index in [1.54, 1.807) is 6.20 Å². The minimum absolute atomic E-state index is 0.460. The van der Waals surface area contributed by atoms with Gasteiger partial charge in [-0.1, -0.05) is 6.92 Å². The van der Waals surface area contributed by atoms with Gasteiger partial charge in [0, 0.05) is 20.2 Å². The Morgan fingerprint density at radius 2 is 2.18 bits per heavy atom. The van der Waals surface area contributed by atoms with Crippen molar-refractivity contribution in [1.82, 2.24) is 4.98 Å². The van der Waals surface area contributed by atoms with Crippen molar-refractivity contribution in [3.8, 4) is 0 Å². The average molecular weight is 238 g/mol. The first-order valence-electron chi connectivity index (χ1n) is 6.11. The first-order chi connectivity index (χ1) is 8.19. The Labute approximate surface area is 103 Å². The molecule has 96 valence electrons. The predicted octanol–water partition coefficient (Wildman–Crippen LogP) is 2.00. The topological polar surface area (TPSA) is 45.6 Å². The van der Waals surface area contributed by atoms with Crippen molar-refractivity contribution in [2.24, 2.45) is 0 Å². The van der Waals surface area contributed by atoms with E-state index in [2.05, 4.69) is 9.88 Å². The Morgan fingerprint density at radius 1 is 1.41 bits per heavy atom. The van der Waals surface area contributed by atoms with Crippen LogP contribution in [-0.2, 0) is 4.74 Å². The lowest BCUT2D eigenvalue weighted by atomic mass is 10.2. The van der Waals surface area contributed by atoms with Gasteiger partial charge in [-0.15, -0.1) is 0 Å². The summed E-state index contributed by atoms with van der Waals surface area (Å²) in [5.41, 5.74) is 1.77. The maximum atomic E-state index is 9.64. The summed E-state index contributed by atoms with van der Waals surface area (Å²) in [6.07, 6.45) is 2.02. The van der Waals surface area contributed by atoms with Crippen molar-refractivity contribution in [3.63, 3.8) is 0 Å². The molecule has 1 aromatic heterocycles. The summed E-state index contributed by atoms with van der Waals surface area (Å²) >= 11 is 0. The van der Waals surface area contributed by atoms with Gasteiger partial charge in [0.05, 0.1) is 30.3 Å². The number of aliphatic hydroxyl groups excluding tert-OH is 1. The Morgan fingerprint density at radius 3 is 2.71 bits per heavy atom. The van der Waals surface area contributed by atoms with Gasteiger partial charge in [0.2, 0.25) is 0 Å². The van der Waals surface area contributed by atoms with Crippen molar-refractivity contribution in [3.05, 3.63) is 24.0 Å². The summed E-state index contributed by atoms with van der Waals surface area (Å²) in [7, 11) is 2.01. The SMILES string of the molecule is CCOCCN(C)c1ccc(C(O)CC)nc1. The van der Waals surface area contributed by atoms with E-state index in [1.807, 2.05) is 33.0 Å². The number of ether oxygens (including phenoxy) is 1. The predicted molar refractivity (Wildman–Crippen MR) is 69.3 cm³/mol. The molecule has 0 radical (unpaired) electrons. The molecule has 0 aliphatic heterocycles. The molecule has 0 amide bonds. The van der Waals surface area contributed by atoms with Gasteiger partial charge in [0.25, 0.3) is 0 Å². The number of hydrogen-bond donors (Lipinski definition) is 1. The van der Waals surface area contributed by atoms with Crippen LogP contribution in [0.2, 0.25) is 0 Å². The zero-order chi connectivity index (χ0) is 12.7. The van der Waals surface area contributed by atoms with E-state index >= 15 is 0 Å². The number of aromatic nitrogens is 1. The third-order valence-corrected chi connectivity index (χ3v) is 2.71. The van der Waals surface area contributed by atoms with Crippen molar-refractivity contribution >= 4 is 5.69 Å². The van der Waals surface area contributed by atoms with Gasteiger partial charge >= 0.3 is 0 Å². The fraction of sp³-hybridized carbons (Fsp3) is 0.615. The molecule has 1 aromatic rings. The Hall–Kier alpha value is -1.13. The minimum Gasteiger partial charge on any atom is -0.387 e. The fourth-order valence-corrected chi connectivity index (χ4v) is 1.50. The average Bonchev–Trinajstić information content (AvgIpc) is 2.38. The highest BCUT2D eigenvalue weighted by atomic mass is 16.5. The monoisotopic (exact) mass is 238 g/mol. The number of rotatable bonds is 7. The normalized spacial score (nSPS) is 12.5. The second kappa shape index (κ2) is 7.25. The van der Waals surface area contributed by atoms with Crippen molar-refractivity contribution in [2.45, 2.75) is 26.4 Å². The largest absolute Gasteiger partial charge is 0.387 e. The first-order valence-corrected chi connectivity index (χ1v) is 6.11. The maximum absolute atomic E-state index is 9.64. The summed E-state index contributed by atoms with van der Waals surface area (Å²) in [6.45, 7) is 6.22. The third kappa shape index (κ3) is 4.32.